The van der Waals surface area contributed by atoms with Gasteiger partial charge in [0.25, 0.3) is 0 Å². The largest absolute Gasteiger partial charge is 0.0984 e. The molecule has 17 heavy (non-hydrogen) atoms. The lowest BCUT2D eigenvalue weighted by atomic mass is 9.92. The zero-order valence-electron chi connectivity index (χ0n) is 10.7. The average Bonchev–Trinajstić information content (AvgIpc) is 2.38. The summed E-state index contributed by atoms with van der Waals surface area (Å²) in [6.45, 7) is 8.53. The predicted molar refractivity (Wildman–Crippen MR) is 77.2 cm³/mol. The molecular formula is C17H20. The Balaban J connectivity index is 2.53. The highest BCUT2D eigenvalue weighted by Crippen LogP contribution is 2.25. The fraction of sp³-hybridized carbons (Fsp3) is 0.294. The zero-order chi connectivity index (χ0) is 12.3. The van der Waals surface area contributed by atoms with Gasteiger partial charge in [0, 0.05) is 0 Å². The second-order valence-electron chi connectivity index (χ2n) is 4.78. The van der Waals surface area contributed by atoms with Gasteiger partial charge in [-0.2, -0.15) is 0 Å². The van der Waals surface area contributed by atoms with Gasteiger partial charge in [-0.25, -0.2) is 0 Å². The van der Waals surface area contributed by atoms with Crippen LogP contribution >= 0.6 is 0 Å². The molecule has 0 nitrogen and oxygen atoms in total. The Bertz CT molecular complexity index is 523. The number of fused-ring (bicyclic) bond motifs is 1. The fourth-order valence-electron chi connectivity index (χ4n) is 2.28. The van der Waals surface area contributed by atoms with Gasteiger partial charge < -0.3 is 0 Å². The number of benzene rings is 2. The van der Waals surface area contributed by atoms with Gasteiger partial charge in [0.05, 0.1) is 0 Å². The van der Waals surface area contributed by atoms with Crippen molar-refractivity contribution in [1.29, 1.82) is 0 Å². The maximum atomic E-state index is 3.97. The SMILES string of the molecule is C=Cc1c(CC(C)CC)ccc2ccccc12. The van der Waals surface area contributed by atoms with Gasteiger partial charge in [-0.15, -0.1) is 0 Å². The Morgan fingerprint density at radius 1 is 1.18 bits per heavy atom. The Morgan fingerprint density at radius 2 is 1.94 bits per heavy atom. The molecule has 0 heterocycles. The molecule has 0 bridgehead atoms. The van der Waals surface area contributed by atoms with Gasteiger partial charge >= 0.3 is 0 Å². The predicted octanol–water partition coefficient (Wildman–Crippen LogP) is 5.07. The van der Waals surface area contributed by atoms with Crippen molar-refractivity contribution in [2.24, 2.45) is 5.92 Å². The van der Waals surface area contributed by atoms with Crippen molar-refractivity contribution < 1.29 is 0 Å². The van der Waals surface area contributed by atoms with E-state index in [-0.39, 0.29) is 0 Å². The first-order valence-electron chi connectivity index (χ1n) is 6.39. The summed E-state index contributed by atoms with van der Waals surface area (Å²) < 4.78 is 0. The Hall–Kier alpha value is -1.56. The van der Waals surface area contributed by atoms with Gasteiger partial charge in [-0.3, -0.25) is 0 Å². The smallest absolute Gasteiger partial charge is 0.0109 e. The molecular weight excluding hydrogens is 204 g/mol. The van der Waals surface area contributed by atoms with Crippen molar-refractivity contribution in [2.45, 2.75) is 26.7 Å². The maximum absolute atomic E-state index is 3.97. The van der Waals surface area contributed by atoms with E-state index in [1.165, 1.54) is 28.3 Å². The molecule has 2 aromatic carbocycles. The first-order chi connectivity index (χ1) is 8.26. The van der Waals surface area contributed by atoms with Crippen LogP contribution in [0.1, 0.15) is 31.4 Å². The molecule has 0 saturated carbocycles. The van der Waals surface area contributed by atoms with E-state index in [0.717, 1.165) is 12.3 Å². The van der Waals surface area contributed by atoms with Crippen LogP contribution in [0.3, 0.4) is 0 Å². The topological polar surface area (TPSA) is 0 Å². The van der Waals surface area contributed by atoms with E-state index in [9.17, 15) is 0 Å². The third-order valence-corrected chi connectivity index (χ3v) is 3.53. The van der Waals surface area contributed by atoms with E-state index in [0.29, 0.717) is 0 Å². The lowest BCUT2D eigenvalue weighted by molar-refractivity contribution is 0.560. The normalized spacial score (nSPS) is 12.6. The number of rotatable bonds is 4. The van der Waals surface area contributed by atoms with Crippen molar-refractivity contribution in [3.05, 3.63) is 54.1 Å². The molecule has 1 atom stereocenters. The monoisotopic (exact) mass is 224 g/mol. The summed E-state index contributed by atoms with van der Waals surface area (Å²) in [5.41, 5.74) is 2.73. The van der Waals surface area contributed by atoms with Gasteiger partial charge in [0.1, 0.15) is 0 Å². The summed E-state index contributed by atoms with van der Waals surface area (Å²) in [5, 5.41) is 2.62. The van der Waals surface area contributed by atoms with Crippen molar-refractivity contribution in [2.75, 3.05) is 0 Å². The summed E-state index contributed by atoms with van der Waals surface area (Å²) in [7, 11) is 0. The lowest BCUT2D eigenvalue weighted by Crippen LogP contribution is -2.00. The number of hydrogen-bond acceptors (Lipinski definition) is 0. The quantitative estimate of drug-likeness (QED) is 0.680. The highest BCUT2D eigenvalue weighted by molar-refractivity contribution is 5.91. The summed E-state index contributed by atoms with van der Waals surface area (Å²) in [5.74, 6) is 0.731. The molecule has 2 aromatic rings. The van der Waals surface area contributed by atoms with Crippen LogP contribution in [0, 0.1) is 5.92 Å². The van der Waals surface area contributed by atoms with Gasteiger partial charge in [0.2, 0.25) is 0 Å². The van der Waals surface area contributed by atoms with Crippen LogP contribution in [0.25, 0.3) is 16.8 Å². The Kier molecular flexibility index (Phi) is 3.63. The molecule has 1 unspecified atom stereocenters. The molecule has 0 aliphatic rings. The van der Waals surface area contributed by atoms with Gasteiger partial charge in [-0.05, 0) is 34.2 Å². The molecule has 0 radical (unpaired) electrons. The van der Waals surface area contributed by atoms with Crippen molar-refractivity contribution in [3.8, 4) is 0 Å². The highest BCUT2D eigenvalue weighted by Gasteiger charge is 2.07. The van der Waals surface area contributed by atoms with E-state index in [2.05, 4.69) is 56.8 Å². The van der Waals surface area contributed by atoms with Crippen LogP contribution in [0.5, 0.6) is 0 Å². The molecule has 0 aliphatic heterocycles. The average molecular weight is 224 g/mol. The second kappa shape index (κ2) is 5.18. The minimum Gasteiger partial charge on any atom is -0.0984 e. The van der Waals surface area contributed by atoms with E-state index in [1.807, 2.05) is 6.08 Å². The number of hydrogen-bond donors (Lipinski definition) is 0. The maximum Gasteiger partial charge on any atom is -0.0109 e. The van der Waals surface area contributed by atoms with Crippen molar-refractivity contribution >= 4 is 16.8 Å². The van der Waals surface area contributed by atoms with E-state index in [4.69, 9.17) is 0 Å². The molecule has 0 amide bonds. The minimum atomic E-state index is 0.731. The fourth-order valence-corrected chi connectivity index (χ4v) is 2.28. The van der Waals surface area contributed by atoms with Crippen LogP contribution in [-0.4, -0.2) is 0 Å². The first kappa shape index (κ1) is 11.9. The molecule has 0 aromatic heterocycles. The highest BCUT2D eigenvalue weighted by atomic mass is 14.1. The van der Waals surface area contributed by atoms with Crippen LogP contribution < -0.4 is 0 Å². The summed E-state index contributed by atoms with van der Waals surface area (Å²) in [6, 6.07) is 13.0. The van der Waals surface area contributed by atoms with Crippen LogP contribution in [0.2, 0.25) is 0 Å². The second-order valence-corrected chi connectivity index (χ2v) is 4.78. The molecule has 0 N–H and O–H groups in total. The molecule has 0 saturated heterocycles. The molecule has 2 rings (SSSR count). The van der Waals surface area contributed by atoms with Crippen LogP contribution in [0.15, 0.2) is 43.0 Å². The van der Waals surface area contributed by atoms with E-state index >= 15 is 0 Å². The summed E-state index contributed by atoms with van der Waals surface area (Å²) in [4.78, 5) is 0. The molecule has 0 spiro atoms. The third-order valence-electron chi connectivity index (χ3n) is 3.53. The van der Waals surface area contributed by atoms with Crippen molar-refractivity contribution in [1.82, 2.24) is 0 Å². The summed E-state index contributed by atoms with van der Waals surface area (Å²) >= 11 is 0. The lowest BCUT2D eigenvalue weighted by Gasteiger charge is -2.13. The molecule has 0 heteroatoms. The van der Waals surface area contributed by atoms with Crippen LogP contribution in [0.4, 0.5) is 0 Å². The standard InChI is InChI=1S/C17H20/c1-4-13(3)12-15-11-10-14-8-6-7-9-17(14)16(15)5-2/h5-11,13H,2,4,12H2,1,3H3. The van der Waals surface area contributed by atoms with Crippen molar-refractivity contribution in [3.63, 3.8) is 0 Å². The van der Waals surface area contributed by atoms with Gasteiger partial charge in [0.15, 0.2) is 0 Å². The minimum absolute atomic E-state index is 0.731. The molecule has 0 fully saturated rings. The van der Waals surface area contributed by atoms with E-state index < -0.39 is 0 Å². The third kappa shape index (κ3) is 2.41. The molecule has 88 valence electrons. The Morgan fingerprint density at radius 3 is 2.65 bits per heavy atom. The van der Waals surface area contributed by atoms with Crippen LogP contribution in [-0.2, 0) is 6.42 Å². The first-order valence-corrected chi connectivity index (χ1v) is 6.39. The van der Waals surface area contributed by atoms with Gasteiger partial charge in [-0.1, -0.05) is 69.3 Å². The molecule has 0 aliphatic carbocycles. The van der Waals surface area contributed by atoms with E-state index in [1.54, 1.807) is 0 Å². The Labute approximate surface area is 104 Å². The summed E-state index contributed by atoms with van der Waals surface area (Å²) in [6.07, 6.45) is 4.37. The zero-order valence-corrected chi connectivity index (χ0v) is 10.7.